The second-order valence-electron chi connectivity index (χ2n) is 5.60. The molecule has 0 radical (unpaired) electrons. The topological polar surface area (TPSA) is 55.6 Å². The highest BCUT2D eigenvalue weighted by Crippen LogP contribution is 2.31. The van der Waals surface area contributed by atoms with Crippen molar-refractivity contribution in [2.24, 2.45) is 5.92 Å². The Balaban J connectivity index is 2.14. The Kier molecular flexibility index (Phi) is 3.63. The van der Waals surface area contributed by atoms with E-state index in [9.17, 15) is 0 Å². The second kappa shape index (κ2) is 5.44. The Bertz CT molecular complexity index is 758. The molecule has 5 nitrogen and oxygen atoms in total. The van der Waals surface area contributed by atoms with Crippen molar-refractivity contribution in [1.82, 2.24) is 19.5 Å². The van der Waals surface area contributed by atoms with Crippen molar-refractivity contribution in [3.05, 3.63) is 29.2 Å². The van der Waals surface area contributed by atoms with Gasteiger partial charge in [-0.3, -0.25) is 0 Å². The summed E-state index contributed by atoms with van der Waals surface area (Å²) in [4.78, 5) is 13.2. The Morgan fingerprint density at radius 2 is 2.05 bits per heavy atom. The van der Waals surface area contributed by atoms with Gasteiger partial charge in [-0.05, 0) is 25.3 Å². The van der Waals surface area contributed by atoms with Gasteiger partial charge in [-0.25, -0.2) is 15.0 Å². The van der Waals surface area contributed by atoms with Gasteiger partial charge in [0.25, 0.3) is 0 Å². The lowest BCUT2D eigenvalue weighted by molar-refractivity contribution is 0.524. The molecule has 0 aliphatic rings. The zero-order valence-electron chi connectivity index (χ0n) is 12.7. The van der Waals surface area contributed by atoms with E-state index < -0.39 is 0 Å². The number of hydrogen-bond donors (Lipinski definition) is 1. The van der Waals surface area contributed by atoms with Crippen LogP contribution in [0.3, 0.4) is 0 Å². The number of anilines is 2. The largest absolute Gasteiger partial charge is 0.329 e. The maximum absolute atomic E-state index is 4.50. The predicted molar refractivity (Wildman–Crippen MR) is 87.2 cm³/mol. The zero-order valence-corrected chi connectivity index (χ0v) is 13.5. The molecule has 0 spiro atoms. The molecule has 1 N–H and O–H groups in total. The van der Waals surface area contributed by atoms with Crippen LogP contribution in [-0.2, 0) is 6.54 Å². The van der Waals surface area contributed by atoms with E-state index in [1.807, 2.05) is 5.38 Å². The van der Waals surface area contributed by atoms with Gasteiger partial charge in [0.2, 0.25) is 0 Å². The van der Waals surface area contributed by atoms with Gasteiger partial charge in [-0.15, -0.1) is 11.3 Å². The molecule has 3 aromatic heterocycles. The smallest absolute Gasteiger partial charge is 0.188 e. The lowest BCUT2D eigenvalue weighted by atomic mass is 10.2. The summed E-state index contributed by atoms with van der Waals surface area (Å²) in [5.74, 6) is 1.40. The van der Waals surface area contributed by atoms with Crippen LogP contribution in [0.5, 0.6) is 0 Å². The van der Waals surface area contributed by atoms with E-state index in [4.69, 9.17) is 0 Å². The molecule has 6 heteroatoms. The molecule has 0 unspecified atom stereocenters. The maximum Gasteiger partial charge on any atom is 0.188 e. The van der Waals surface area contributed by atoms with Gasteiger partial charge < -0.3 is 9.88 Å². The minimum Gasteiger partial charge on any atom is -0.329 e. The molecular formula is C15H19N5S. The monoisotopic (exact) mass is 301 g/mol. The normalized spacial score (nSPS) is 11.5. The Hall–Kier alpha value is -1.95. The lowest BCUT2D eigenvalue weighted by Gasteiger charge is -2.10. The molecule has 21 heavy (non-hydrogen) atoms. The van der Waals surface area contributed by atoms with Gasteiger partial charge in [0.1, 0.15) is 17.8 Å². The predicted octanol–water partition coefficient (Wildman–Crippen LogP) is 3.90. The summed E-state index contributed by atoms with van der Waals surface area (Å²) in [5.41, 5.74) is 3.47. The number of aryl methyl sites for hydroxylation is 1. The van der Waals surface area contributed by atoms with Crippen molar-refractivity contribution in [3.63, 3.8) is 0 Å². The molecule has 3 rings (SSSR count). The van der Waals surface area contributed by atoms with Crippen molar-refractivity contribution < 1.29 is 0 Å². The molecule has 3 heterocycles. The molecule has 0 aliphatic carbocycles. The van der Waals surface area contributed by atoms with E-state index in [1.165, 1.54) is 11.3 Å². The summed E-state index contributed by atoms with van der Waals surface area (Å²) in [6, 6.07) is 0. The fourth-order valence-corrected chi connectivity index (χ4v) is 3.07. The van der Waals surface area contributed by atoms with Crippen LogP contribution in [0, 0.1) is 19.8 Å². The van der Waals surface area contributed by atoms with E-state index in [2.05, 4.69) is 52.5 Å². The highest BCUT2D eigenvalue weighted by Gasteiger charge is 2.17. The first-order chi connectivity index (χ1) is 10.1. The second-order valence-corrected chi connectivity index (χ2v) is 6.49. The fraction of sp³-hybridized carbons (Fsp3) is 0.400. The first-order valence-electron chi connectivity index (χ1n) is 7.04. The summed E-state index contributed by atoms with van der Waals surface area (Å²) < 4.78 is 2.28. The first-order valence-corrected chi connectivity index (χ1v) is 7.92. The van der Waals surface area contributed by atoms with Gasteiger partial charge in [0.15, 0.2) is 5.13 Å². The minimum atomic E-state index is 0.573. The van der Waals surface area contributed by atoms with Crippen LogP contribution in [0.4, 0.5) is 10.9 Å². The van der Waals surface area contributed by atoms with Gasteiger partial charge in [0.05, 0.1) is 5.39 Å². The van der Waals surface area contributed by atoms with E-state index in [0.717, 1.165) is 28.5 Å². The van der Waals surface area contributed by atoms with Gasteiger partial charge in [-0.1, -0.05) is 13.8 Å². The lowest BCUT2D eigenvalue weighted by Crippen LogP contribution is -2.07. The van der Waals surface area contributed by atoms with Crippen LogP contribution in [0.2, 0.25) is 0 Å². The third kappa shape index (κ3) is 2.51. The van der Waals surface area contributed by atoms with Gasteiger partial charge in [0, 0.05) is 23.8 Å². The van der Waals surface area contributed by atoms with Crippen LogP contribution >= 0.6 is 11.3 Å². The van der Waals surface area contributed by atoms with Crippen LogP contribution in [0.1, 0.15) is 25.1 Å². The third-order valence-electron chi connectivity index (χ3n) is 3.61. The van der Waals surface area contributed by atoms with E-state index in [0.29, 0.717) is 5.92 Å². The van der Waals surface area contributed by atoms with Crippen LogP contribution in [-0.4, -0.2) is 19.5 Å². The quantitative estimate of drug-likeness (QED) is 0.794. The van der Waals surface area contributed by atoms with Crippen LogP contribution < -0.4 is 5.32 Å². The first kappa shape index (κ1) is 14.0. The Morgan fingerprint density at radius 1 is 1.24 bits per heavy atom. The molecule has 0 amide bonds. The van der Waals surface area contributed by atoms with Crippen molar-refractivity contribution in [2.45, 2.75) is 34.2 Å². The van der Waals surface area contributed by atoms with Crippen molar-refractivity contribution in [2.75, 3.05) is 5.32 Å². The fourth-order valence-electron chi connectivity index (χ4n) is 2.54. The van der Waals surface area contributed by atoms with Crippen LogP contribution in [0.15, 0.2) is 17.9 Å². The molecule has 3 aromatic rings. The zero-order chi connectivity index (χ0) is 15.0. The molecular weight excluding hydrogens is 282 g/mol. The number of thiazole rings is 1. The highest BCUT2D eigenvalue weighted by molar-refractivity contribution is 7.13. The van der Waals surface area contributed by atoms with E-state index in [-0.39, 0.29) is 0 Å². The molecule has 0 atom stereocenters. The number of nitrogens with zero attached hydrogens (tertiary/aromatic N) is 4. The number of aromatic nitrogens is 4. The number of fused-ring (bicyclic) bond motifs is 1. The maximum atomic E-state index is 4.50. The van der Waals surface area contributed by atoms with E-state index in [1.54, 1.807) is 23.9 Å². The van der Waals surface area contributed by atoms with Gasteiger partial charge >= 0.3 is 0 Å². The van der Waals surface area contributed by atoms with Crippen molar-refractivity contribution in [1.29, 1.82) is 0 Å². The van der Waals surface area contributed by atoms with Crippen molar-refractivity contribution in [3.8, 4) is 0 Å². The molecule has 0 aliphatic heterocycles. The average Bonchev–Trinajstić information content (AvgIpc) is 3.02. The summed E-state index contributed by atoms with van der Waals surface area (Å²) in [6.07, 6.45) is 3.40. The van der Waals surface area contributed by atoms with E-state index >= 15 is 0 Å². The van der Waals surface area contributed by atoms with Crippen molar-refractivity contribution >= 4 is 33.3 Å². The molecule has 0 saturated carbocycles. The minimum absolute atomic E-state index is 0.573. The van der Waals surface area contributed by atoms with Crippen LogP contribution in [0.25, 0.3) is 11.0 Å². The van der Waals surface area contributed by atoms with Gasteiger partial charge in [-0.2, -0.15) is 0 Å². The molecule has 110 valence electrons. The SMILES string of the molecule is Cc1c(C)n(CC(C)C)c2ncnc(Nc3nccs3)c12. The molecule has 0 aromatic carbocycles. The molecule has 0 bridgehead atoms. The number of rotatable bonds is 4. The standard InChI is InChI=1S/C15H19N5S/c1-9(2)7-20-11(4)10(3)12-13(17-8-18-14(12)20)19-15-16-5-6-21-15/h5-6,8-9H,7H2,1-4H3,(H,16,17,18,19). The summed E-state index contributed by atoms with van der Waals surface area (Å²) in [7, 11) is 0. The molecule has 0 saturated heterocycles. The average molecular weight is 301 g/mol. The third-order valence-corrected chi connectivity index (χ3v) is 4.30. The Labute approximate surface area is 128 Å². The molecule has 0 fully saturated rings. The summed E-state index contributed by atoms with van der Waals surface area (Å²) in [5, 5.41) is 7.19. The number of hydrogen-bond acceptors (Lipinski definition) is 5. The highest BCUT2D eigenvalue weighted by atomic mass is 32.1. The summed E-state index contributed by atoms with van der Waals surface area (Å²) in [6.45, 7) is 9.67. The Morgan fingerprint density at radius 3 is 2.71 bits per heavy atom. The number of nitrogens with one attached hydrogen (secondary N) is 1. The summed E-state index contributed by atoms with van der Waals surface area (Å²) >= 11 is 1.56.